The van der Waals surface area contributed by atoms with E-state index in [1.54, 1.807) is 0 Å². The Kier molecular flexibility index (Phi) is 10.0. The van der Waals surface area contributed by atoms with Gasteiger partial charge in [0, 0.05) is 12.5 Å². The third kappa shape index (κ3) is 7.60. The molecule has 2 amide bonds. The highest BCUT2D eigenvalue weighted by molar-refractivity contribution is 6.31. The predicted molar refractivity (Wildman–Crippen MR) is 140 cm³/mol. The number of ether oxygens (including phenoxy) is 1. The Balaban J connectivity index is 0.00000260. The second kappa shape index (κ2) is 12.1. The maximum absolute atomic E-state index is 14.3. The van der Waals surface area contributed by atoms with Crippen LogP contribution in [0, 0.1) is 5.82 Å². The predicted octanol–water partition coefficient (Wildman–Crippen LogP) is 6.36. The summed E-state index contributed by atoms with van der Waals surface area (Å²) in [6.07, 6.45) is -4.84. The molecule has 0 spiro atoms. The number of alkyl carbamates (subject to hydrolysis) is 1. The topological polar surface area (TPSA) is 101 Å². The van der Waals surface area contributed by atoms with Crippen LogP contribution in [0.4, 0.5) is 22.4 Å². The molecular formula is C27H34ClF4N3O4. The second-order valence-corrected chi connectivity index (χ2v) is 10.5. The standard InChI is InChI=1S/C25H28ClF4N3O4.C2H6/c1-14(34)33-23(8-5-9-23)16-11-19(15-6-7-18(27)17(26)10-15)32-20(12-16)24(36,25(28,29)30)13-31-21(35)37-22(2,3)4;1-2/h6-7,10-12,36H,5,8-9,13H2,1-4H3,(H,31,35)(H,33,34);1-2H3. The zero-order chi connectivity index (χ0) is 29.8. The highest BCUT2D eigenvalue weighted by atomic mass is 35.5. The van der Waals surface area contributed by atoms with Gasteiger partial charge >= 0.3 is 12.3 Å². The zero-order valence-electron chi connectivity index (χ0n) is 22.7. The summed E-state index contributed by atoms with van der Waals surface area (Å²) in [4.78, 5) is 28.1. The van der Waals surface area contributed by atoms with Gasteiger partial charge in [0.25, 0.3) is 0 Å². The van der Waals surface area contributed by atoms with Crippen molar-refractivity contribution in [2.24, 2.45) is 0 Å². The molecule has 0 radical (unpaired) electrons. The van der Waals surface area contributed by atoms with E-state index in [9.17, 15) is 32.3 Å². The number of amides is 2. The molecule has 39 heavy (non-hydrogen) atoms. The molecular weight excluding hydrogens is 542 g/mol. The van der Waals surface area contributed by atoms with Crippen molar-refractivity contribution >= 4 is 23.6 Å². The van der Waals surface area contributed by atoms with E-state index in [1.165, 1.54) is 45.9 Å². The number of pyridine rings is 1. The maximum Gasteiger partial charge on any atom is 0.424 e. The van der Waals surface area contributed by atoms with E-state index >= 15 is 0 Å². The first-order valence-electron chi connectivity index (χ1n) is 12.5. The summed E-state index contributed by atoms with van der Waals surface area (Å²) in [6, 6.07) is 6.06. The summed E-state index contributed by atoms with van der Waals surface area (Å²) < 4.78 is 61.8. The molecule has 1 aliphatic rings. The average Bonchev–Trinajstić information content (AvgIpc) is 2.80. The number of hydrogen-bond donors (Lipinski definition) is 3. The Morgan fingerprint density at radius 2 is 1.74 bits per heavy atom. The van der Waals surface area contributed by atoms with E-state index < -0.39 is 47.1 Å². The molecule has 0 saturated heterocycles. The van der Waals surface area contributed by atoms with Crippen molar-refractivity contribution < 1.29 is 37.0 Å². The molecule has 1 aromatic heterocycles. The molecule has 12 heteroatoms. The first-order chi connectivity index (χ1) is 18.0. The lowest BCUT2D eigenvalue weighted by Crippen LogP contribution is -2.53. The Bertz CT molecular complexity index is 1200. The van der Waals surface area contributed by atoms with E-state index in [4.69, 9.17) is 16.3 Å². The molecule has 1 aliphatic carbocycles. The van der Waals surface area contributed by atoms with Crippen LogP contribution in [0.25, 0.3) is 11.3 Å². The molecule has 1 fully saturated rings. The minimum absolute atomic E-state index is 0.0361. The molecule has 7 nitrogen and oxygen atoms in total. The van der Waals surface area contributed by atoms with Crippen molar-refractivity contribution in [1.29, 1.82) is 0 Å². The number of carbonyl (C=O) groups is 2. The van der Waals surface area contributed by atoms with E-state index in [1.807, 2.05) is 19.2 Å². The van der Waals surface area contributed by atoms with Crippen LogP contribution >= 0.6 is 11.6 Å². The number of rotatable bonds is 6. The van der Waals surface area contributed by atoms with Crippen LogP contribution < -0.4 is 10.6 Å². The van der Waals surface area contributed by atoms with Crippen LogP contribution in [-0.2, 0) is 20.7 Å². The SMILES string of the molecule is CC.CC(=O)NC1(c2cc(-c3ccc(F)c(Cl)c3)nc(C(O)(CNC(=O)OC(C)(C)C)C(F)(F)F)c2)CCC1. The van der Waals surface area contributed by atoms with Gasteiger partial charge in [-0.1, -0.05) is 25.4 Å². The maximum atomic E-state index is 14.3. The smallest absolute Gasteiger partial charge is 0.424 e. The Labute approximate surface area is 230 Å². The van der Waals surface area contributed by atoms with Crippen molar-refractivity contribution in [3.8, 4) is 11.3 Å². The summed E-state index contributed by atoms with van der Waals surface area (Å²) in [6.45, 7) is 8.60. The molecule has 3 N–H and O–H groups in total. The summed E-state index contributed by atoms with van der Waals surface area (Å²) in [5.41, 5.74) is -5.98. The van der Waals surface area contributed by atoms with E-state index in [0.717, 1.165) is 12.1 Å². The first kappa shape index (κ1) is 32.3. The summed E-state index contributed by atoms with van der Waals surface area (Å²) in [5, 5.41) is 15.5. The molecule has 1 atom stereocenters. The number of halogens is 5. The Morgan fingerprint density at radius 3 is 2.21 bits per heavy atom. The number of hydrogen-bond acceptors (Lipinski definition) is 5. The molecule has 0 aliphatic heterocycles. The first-order valence-corrected chi connectivity index (χ1v) is 12.9. The van der Waals surface area contributed by atoms with Gasteiger partial charge in [-0.25, -0.2) is 14.2 Å². The van der Waals surface area contributed by atoms with Gasteiger partial charge in [0.05, 0.1) is 28.5 Å². The van der Waals surface area contributed by atoms with Crippen LogP contribution in [0.1, 0.15) is 72.1 Å². The van der Waals surface area contributed by atoms with Gasteiger partial charge in [-0.2, -0.15) is 13.2 Å². The molecule has 1 saturated carbocycles. The fourth-order valence-corrected chi connectivity index (χ4v) is 4.21. The van der Waals surface area contributed by atoms with Crippen LogP contribution in [0.2, 0.25) is 5.02 Å². The normalized spacial score (nSPS) is 16.1. The van der Waals surface area contributed by atoms with Gasteiger partial charge in [0.2, 0.25) is 11.5 Å². The molecule has 3 rings (SSSR count). The second-order valence-electron chi connectivity index (χ2n) is 10.1. The summed E-state index contributed by atoms with van der Waals surface area (Å²) in [7, 11) is 0. The highest BCUT2D eigenvalue weighted by Crippen LogP contribution is 2.45. The number of nitrogens with zero attached hydrogens (tertiary/aromatic N) is 1. The summed E-state index contributed by atoms with van der Waals surface area (Å²) in [5.74, 6) is -1.12. The van der Waals surface area contributed by atoms with Gasteiger partial charge in [-0.05, 0) is 75.9 Å². The third-order valence-electron chi connectivity index (χ3n) is 6.00. The van der Waals surface area contributed by atoms with E-state index in [-0.39, 0.29) is 27.8 Å². The largest absolute Gasteiger partial charge is 0.444 e. The monoisotopic (exact) mass is 575 g/mol. The number of aliphatic hydroxyl groups is 1. The molecule has 0 bridgehead atoms. The lowest BCUT2D eigenvalue weighted by molar-refractivity contribution is -0.265. The lowest BCUT2D eigenvalue weighted by atomic mass is 9.71. The highest BCUT2D eigenvalue weighted by Gasteiger charge is 2.57. The summed E-state index contributed by atoms with van der Waals surface area (Å²) >= 11 is 5.89. The molecule has 216 valence electrons. The number of nitrogens with one attached hydrogen (secondary N) is 2. The minimum atomic E-state index is -5.27. The van der Waals surface area contributed by atoms with Gasteiger partial charge in [-0.3, -0.25) is 4.79 Å². The van der Waals surface area contributed by atoms with Crippen LogP contribution in [-0.4, -0.2) is 40.4 Å². The van der Waals surface area contributed by atoms with E-state index in [2.05, 4.69) is 10.3 Å². The van der Waals surface area contributed by atoms with Crippen LogP contribution in [0.3, 0.4) is 0 Å². The fraction of sp³-hybridized carbons (Fsp3) is 0.519. The minimum Gasteiger partial charge on any atom is -0.444 e. The number of aromatic nitrogens is 1. The van der Waals surface area contributed by atoms with Crippen LogP contribution in [0.5, 0.6) is 0 Å². The quantitative estimate of drug-likeness (QED) is 0.348. The number of carbonyl (C=O) groups excluding carboxylic acids is 2. The van der Waals surface area contributed by atoms with Crippen molar-refractivity contribution in [3.05, 3.63) is 52.4 Å². The molecule has 1 unspecified atom stereocenters. The molecule has 1 aromatic carbocycles. The van der Waals surface area contributed by atoms with Crippen molar-refractivity contribution in [2.45, 2.75) is 83.7 Å². The lowest BCUT2D eigenvalue weighted by Gasteiger charge is -2.43. The third-order valence-corrected chi connectivity index (χ3v) is 6.29. The zero-order valence-corrected chi connectivity index (χ0v) is 23.5. The van der Waals surface area contributed by atoms with E-state index in [0.29, 0.717) is 19.3 Å². The van der Waals surface area contributed by atoms with Gasteiger partial charge in [0.15, 0.2) is 0 Å². The van der Waals surface area contributed by atoms with Crippen molar-refractivity contribution in [2.75, 3.05) is 6.54 Å². The van der Waals surface area contributed by atoms with Crippen molar-refractivity contribution in [3.63, 3.8) is 0 Å². The van der Waals surface area contributed by atoms with Crippen LogP contribution in [0.15, 0.2) is 30.3 Å². The number of alkyl halides is 3. The molecule has 2 aromatic rings. The van der Waals surface area contributed by atoms with Gasteiger partial charge < -0.3 is 20.5 Å². The average molecular weight is 576 g/mol. The van der Waals surface area contributed by atoms with Gasteiger partial charge in [0.1, 0.15) is 11.4 Å². The Morgan fingerprint density at radius 1 is 1.13 bits per heavy atom. The molecule has 1 heterocycles. The van der Waals surface area contributed by atoms with Gasteiger partial charge in [-0.15, -0.1) is 0 Å². The van der Waals surface area contributed by atoms with Crippen molar-refractivity contribution in [1.82, 2.24) is 15.6 Å². The Hall–Kier alpha value is -2.92. The fourth-order valence-electron chi connectivity index (χ4n) is 4.03. The number of benzene rings is 1.